The first-order chi connectivity index (χ1) is 10.4. The Labute approximate surface area is 132 Å². The smallest absolute Gasteiger partial charge is 0.250 e. The largest absolute Gasteiger partial charge is 0.337 e. The van der Waals surface area contributed by atoms with Crippen molar-refractivity contribution in [3.8, 4) is 6.07 Å². The predicted octanol–water partition coefficient (Wildman–Crippen LogP) is 4.23. The summed E-state index contributed by atoms with van der Waals surface area (Å²) in [7, 11) is -1.96. The van der Waals surface area contributed by atoms with E-state index in [1.54, 1.807) is 0 Å². The Hall–Kier alpha value is -2.38. The van der Waals surface area contributed by atoms with Gasteiger partial charge in [0.15, 0.2) is 8.24 Å². The normalized spacial score (nSPS) is 10.8. The number of carbonyl (C=O) groups is 1. The Kier molecular flexibility index (Phi) is 4.79. The molecule has 0 N–H and O–H groups in total. The highest BCUT2D eigenvalue weighted by Gasteiger charge is 2.32. The molecule has 0 aliphatic heterocycles. The molecule has 2 aromatic carbocycles. The lowest BCUT2D eigenvalue weighted by atomic mass is 10.1. The topological polar surface area (TPSA) is 44.1 Å². The highest BCUT2D eigenvalue weighted by atomic mass is 28.3. The lowest BCUT2D eigenvalue weighted by Crippen LogP contribution is -2.50. The average Bonchev–Trinajstić information content (AvgIpc) is 2.49. The first kappa shape index (κ1) is 16.0. The zero-order valence-corrected chi connectivity index (χ0v) is 14.2. The van der Waals surface area contributed by atoms with Crippen LogP contribution >= 0.6 is 0 Å². The molecule has 0 spiro atoms. The minimum atomic E-state index is -1.96. The van der Waals surface area contributed by atoms with Gasteiger partial charge in [0.1, 0.15) is 0 Å². The van der Waals surface area contributed by atoms with Crippen LogP contribution in [0.25, 0.3) is 0 Å². The molecule has 22 heavy (non-hydrogen) atoms. The van der Waals surface area contributed by atoms with E-state index in [-0.39, 0.29) is 5.91 Å². The maximum absolute atomic E-state index is 13.0. The fraction of sp³-hybridized carbons (Fsp3) is 0.222. The molecule has 0 unspecified atom stereocenters. The fourth-order valence-corrected chi connectivity index (χ4v) is 4.13. The molecule has 3 nitrogen and oxygen atoms in total. The molecule has 0 aromatic heterocycles. The number of anilines is 1. The molecule has 0 atom stereocenters. The van der Waals surface area contributed by atoms with E-state index in [9.17, 15) is 4.79 Å². The Morgan fingerprint density at radius 1 is 1.05 bits per heavy atom. The van der Waals surface area contributed by atoms with Crippen LogP contribution in [-0.2, 0) is 6.42 Å². The summed E-state index contributed by atoms with van der Waals surface area (Å²) in [5, 5.41) is 9.04. The maximum atomic E-state index is 13.0. The monoisotopic (exact) mass is 308 g/mol. The van der Waals surface area contributed by atoms with Crippen molar-refractivity contribution in [2.75, 3.05) is 4.57 Å². The summed E-state index contributed by atoms with van der Waals surface area (Å²) in [5.41, 5.74) is 2.44. The zero-order valence-electron chi connectivity index (χ0n) is 13.2. The molecule has 4 heteroatoms. The SMILES string of the molecule is C[Si](C)(C)N(C(=O)c1ccccc1)c1ccccc1CC#N. The van der Waals surface area contributed by atoms with Gasteiger partial charge in [-0.05, 0) is 23.8 Å². The average molecular weight is 308 g/mol. The second-order valence-electron chi connectivity index (χ2n) is 6.14. The molecule has 0 radical (unpaired) electrons. The van der Waals surface area contributed by atoms with Crippen LogP contribution in [0.1, 0.15) is 15.9 Å². The first-order valence-electron chi connectivity index (χ1n) is 7.29. The molecule has 0 saturated heterocycles. The van der Waals surface area contributed by atoms with Gasteiger partial charge in [0.25, 0.3) is 0 Å². The second kappa shape index (κ2) is 6.59. The molecular formula is C18H20N2OSi. The van der Waals surface area contributed by atoms with E-state index in [1.165, 1.54) is 0 Å². The van der Waals surface area contributed by atoms with Gasteiger partial charge in [0, 0.05) is 11.3 Å². The highest BCUT2D eigenvalue weighted by molar-refractivity contribution is 6.83. The van der Waals surface area contributed by atoms with Crippen molar-refractivity contribution in [2.45, 2.75) is 26.1 Å². The van der Waals surface area contributed by atoms with Gasteiger partial charge in [-0.2, -0.15) is 5.26 Å². The summed E-state index contributed by atoms with van der Waals surface area (Å²) < 4.78 is 1.91. The Morgan fingerprint density at radius 2 is 1.64 bits per heavy atom. The summed E-state index contributed by atoms with van der Waals surface area (Å²) in [6.07, 6.45) is 0.305. The third-order valence-electron chi connectivity index (χ3n) is 3.40. The Balaban J connectivity index is 2.54. The molecule has 0 fully saturated rings. The van der Waals surface area contributed by atoms with E-state index >= 15 is 0 Å². The summed E-state index contributed by atoms with van der Waals surface area (Å²) in [4.78, 5) is 13.0. The number of para-hydroxylation sites is 1. The van der Waals surface area contributed by atoms with Crippen LogP contribution in [0.15, 0.2) is 54.6 Å². The summed E-state index contributed by atoms with van der Waals surface area (Å²) in [6, 6.07) is 19.2. The van der Waals surface area contributed by atoms with Crippen LogP contribution in [0.3, 0.4) is 0 Å². The summed E-state index contributed by atoms with van der Waals surface area (Å²) in [6.45, 7) is 6.41. The van der Waals surface area contributed by atoms with E-state index < -0.39 is 8.24 Å². The number of hydrogen-bond acceptors (Lipinski definition) is 2. The number of rotatable bonds is 4. The van der Waals surface area contributed by atoms with Crippen LogP contribution in [0, 0.1) is 11.3 Å². The Morgan fingerprint density at radius 3 is 2.23 bits per heavy atom. The van der Waals surface area contributed by atoms with Crippen molar-refractivity contribution < 1.29 is 4.79 Å². The van der Waals surface area contributed by atoms with E-state index in [0.29, 0.717) is 12.0 Å². The summed E-state index contributed by atoms with van der Waals surface area (Å²) in [5.74, 6) is 0.00477. The number of nitrogens with zero attached hydrogens (tertiary/aromatic N) is 2. The van der Waals surface area contributed by atoms with Gasteiger partial charge in [-0.25, -0.2) is 0 Å². The number of hydrogen-bond donors (Lipinski definition) is 0. The van der Waals surface area contributed by atoms with E-state index in [2.05, 4.69) is 25.7 Å². The van der Waals surface area contributed by atoms with Crippen molar-refractivity contribution >= 4 is 19.8 Å². The number of amides is 1. The molecule has 0 heterocycles. The van der Waals surface area contributed by atoms with Gasteiger partial charge in [-0.1, -0.05) is 56.0 Å². The van der Waals surface area contributed by atoms with Gasteiger partial charge in [-0.15, -0.1) is 0 Å². The predicted molar refractivity (Wildman–Crippen MR) is 92.4 cm³/mol. The van der Waals surface area contributed by atoms with Gasteiger partial charge in [-0.3, -0.25) is 4.79 Å². The van der Waals surface area contributed by atoms with Crippen LogP contribution < -0.4 is 4.57 Å². The third-order valence-corrected chi connectivity index (χ3v) is 5.18. The van der Waals surface area contributed by atoms with Crippen molar-refractivity contribution in [1.29, 1.82) is 5.26 Å². The molecule has 0 aliphatic rings. The van der Waals surface area contributed by atoms with E-state index in [0.717, 1.165) is 11.3 Å². The lowest BCUT2D eigenvalue weighted by molar-refractivity contribution is 0.100. The van der Waals surface area contributed by atoms with Crippen LogP contribution in [-0.4, -0.2) is 14.1 Å². The van der Waals surface area contributed by atoms with Crippen molar-refractivity contribution in [2.24, 2.45) is 0 Å². The molecule has 1 amide bonds. The quantitative estimate of drug-likeness (QED) is 0.793. The zero-order chi connectivity index (χ0) is 16.2. The van der Waals surface area contributed by atoms with Crippen LogP contribution in [0.5, 0.6) is 0 Å². The van der Waals surface area contributed by atoms with Gasteiger partial charge in [0.05, 0.1) is 12.5 Å². The number of carbonyl (C=O) groups excluding carboxylic acids is 1. The number of benzene rings is 2. The van der Waals surface area contributed by atoms with Crippen LogP contribution in [0.2, 0.25) is 19.6 Å². The summed E-state index contributed by atoms with van der Waals surface area (Å²) >= 11 is 0. The second-order valence-corrected chi connectivity index (χ2v) is 10.9. The first-order valence-corrected chi connectivity index (χ1v) is 10.7. The molecular weight excluding hydrogens is 288 g/mol. The standard InChI is InChI=1S/C18H20N2OSi/c1-22(2,3)20(18(21)16-10-5-4-6-11-16)17-12-8-7-9-15(17)13-14-19/h4-12H,13H2,1-3H3. The molecule has 0 bridgehead atoms. The Bertz CT molecular complexity index is 699. The molecule has 0 saturated carbocycles. The molecule has 2 aromatic rings. The van der Waals surface area contributed by atoms with Crippen molar-refractivity contribution in [1.82, 2.24) is 0 Å². The highest BCUT2D eigenvalue weighted by Crippen LogP contribution is 2.28. The maximum Gasteiger partial charge on any atom is 0.250 e. The third kappa shape index (κ3) is 3.44. The van der Waals surface area contributed by atoms with E-state index in [4.69, 9.17) is 5.26 Å². The molecule has 2 rings (SSSR count). The minimum absolute atomic E-state index is 0.00477. The van der Waals surface area contributed by atoms with Crippen molar-refractivity contribution in [3.63, 3.8) is 0 Å². The lowest BCUT2D eigenvalue weighted by Gasteiger charge is -2.35. The van der Waals surface area contributed by atoms with E-state index in [1.807, 2.05) is 59.2 Å². The van der Waals surface area contributed by atoms with Gasteiger partial charge in [0.2, 0.25) is 5.91 Å². The van der Waals surface area contributed by atoms with Gasteiger partial charge >= 0.3 is 0 Å². The van der Waals surface area contributed by atoms with Gasteiger partial charge < -0.3 is 4.57 Å². The minimum Gasteiger partial charge on any atom is -0.337 e. The fourth-order valence-electron chi connectivity index (χ4n) is 2.45. The number of nitriles is 1. The van der Waals surface area contributed by atoms with Crippen molar-refractivity contribution in [3.05, 3.63) is 65.7 Å². The molecule has 112 valence electrons. The van der Waals surface area contributed by atoms with Crippen LogP contribution in [0.4, 0.5) is 5.69 Å². The molecule has 0 aliphatic carbocycles.